The Morgan fingerprint density at radius 3 is 1.89 bits per heavy atom. The van der Waals surface area contributed by atoms with E-state index in [4.69, 9.17) is 23.2 Å². The van der Waals surface area contributed by atoms with Gasteiger partial charge >= 0.3 is 0 Å². The first-order valence-electron chi connectivity index (χ1n) is 10.6. The van der Waals surface area contributed by atoms with Crippen LogP contribution in [0.4, 0.5) is 5.69 Å². The van der Waals surface area contributed by atoms with Crippen molar-refractivity contribution in [3.05, 3.63) is 87.9 Å². The predicted molar refractivity (Wildman–Crippen MR) is 141 cm³/mol. The first-order valence-corrected chi connectivity index (χ1v) is 14.3. The summed E-state index contributed by atoms with van der Waals surface area (Å²) in [5.74, 6) is -0.635. The number of rotatable bonds is 9. The standard InChI is InChI=1S/C24H25Cl2N3O5S2/c1-17-4-11-22(35(31,32)28(2)3)14-23(17)27-24(30)16-29(15-18-5-7-19(25)8-6-18)36(33,34)21-12-9-20(26)10-13-21/h4-14H,15-16H2,1-3H3,(H,27,30). The molecule has 0 aromatic heterocycles. The van der Waals surface area contributed by atoms with E-state index in [1.54, 1.807) is 37.3 Å². The van der Waals surface area contributed by atoms with E-state index >= 15 is 0 Å². The van der Waals surface area contributed by atoms with Gasteiger partial charge in [-0.2, -0.15) is 4.31 Å². The number of anilines is 1. The summed E-state index contributed by atoms with van der Waals surface area (Å²) in [5.41, 5.74) is 1.50. The van der Waals surface area contributed by atoms with Gasteiger partial charge in [0.15, 0.2) is 0 Å². The lowest BCUT2D eigenvalue weighted by Crippen LogP contribution is -2.37. The number of carbonyl (C=O) groups is 1. The van der Waals surface area contributed by atoms with Gasteiger partial charge in [0, 0.05) is 36.4 Å². The number of hydrogen-bond donors (Lipinski definition) is 1. The molecule has 0 saturated heterocycles. The van der Waals surface area contributed by atoms with Crippen LogP contribution in [0, 0.1) is 6.92 Å². The summed E-state index contributed by atoms with van der Waals surface area (Å²) in [4.78, 5) is 13.0. The van der Waals surface area contributed by atoms with E-state index in [2.05, 4.69) is 5.32 Å². The highest BCUT2D eigenvalue weighted by Gasteiger charge is 2.27. The molecule has 0 aliphatic carbocycles. The van der Waals surface area contributed by atoms with Gasteiger partial charge in [-0.1, -0.05) is 41.4 Å². The van der Waals surface area contributed by atoms with Gasteiger partial charge in [-0.3, -0.25) is 4.79 Å². The van der Waals surface area contributed by atoms with Crippen LogP contribution in [0.2, 0.25) is 10.0 Å². The third kappa shape index (κ3) is 6.64. The van der Waals surface area contributed by atoms with Crippen molar-refractivity contribution in [2.45, 2.75) is 23.3 Å². The molecular weight excluding hydrogens is 545 g/mol. The minimum absolute atomic E-state index is 0.000191. The predicted octanol–water partition coefficient (Wildman–Crippen LogP) is 4.38. The van der Waals surface area contributed by atoms with E-state index in [-0.39, 0.29) is 22.0 Å². The third-order valence-corrected chi connectivity index (χ3v) is 9.43. The quantitative estimate of drug-likeness (QED) is 0.411. The van der Waals surface area contributed by atoms with Crippen LogP contribution in [0.15, 0.2) is 76.5 Å². The third-order valence-electron chi connectivity index (χ3n) is 5.31. The van der Waals surface area contributed by atoms with Crippen molar-refractivity contribution in [2.75, 3.05) is 26.0 Å². The van der Waals surface area contributed by atoms with Gasteiger partial charge in [-0.15, -0.1) is 0 Å². The fourth-order valence-corrected chi connectivity index (χ4v) is 5.80. The van der Waals surface area contributed by atoms with Crippen molar-refractivity contribution in [1.29, 1.82) is 0 Å². The largest absolute Gasteiger partial charge is 0.325 e. The normalized spacial score (nSPS) is 12.2. The molecule has 1 N–H and O–H groups in total. The fraction of sp³-hybridized carbons (Fsp3) is 0.208. The summed E-state index contributed by atoms with van der Waals surface area (Å²) in [7, 11) is -5.00. The molecule has 0 fully saturated rings. The number of hydrogen-bond acceptors (Lipinski definition) is 5. The number of sulfonamides is 2. The lowest BCUT2D eigenvalue weighted by molar-refractivity contribution is -0.116. The molecule has 0 unspecified atom stereocenters. The van der Waals surface area contributed by atoms with Crippen molar-refractivity contribution in [2.24, 2.45) is 0 Å². The number of nitrogens with zero attached hydrogens (tertiary/aromatic N) is 2. The van der Waals surface area contributed by atoms with Crippen LogP contribution in [-0.4, -0.2) is 52.0 Å². The van der Waals surface area contributed by atoms with Gasteiger partial charge in [0.05, 0.1) is 16.3 Å². The maximum Gasteiger partial charge on any atom is 0.243 e. The first kappa shape index (κ1) is 28.1. The van der Waals surface area contributed by atoms with E-state index in [0.29, 0.717) is 21.2 Å². The maximum absolute atomic E-state index is 13.4. The molecule has 0 saturated carbocycles. The lowest BCUT2D eigenvalue weighted by Gasteiger charge is -2.22. The second-order valence-electron chi connectivity index (χ2n) is 8.17. The van der Waals surface area contributed by atoms with Crippen LogP contribution in [0.1, 0.15) is 11.1 Å². The zero-order chi connectivity index (χ0) is 26.7. The van der Waals surface area contributed by atoms with Crippen LogP contribution in [0.5, 0.6) is 0 Å². The minimum Gasteiger partial charge on any atom is -0.325 e. The fourth-order valence-electron chi connectivity index (χ4n) is 3.23. The number of nitrogens with one attached hydrogen (secondary N) is 1. The lowest BCUT2D eigenvalue weighted by atomic mass is 10.2. The molecule has 8 nitrogen and oxygen atoms in total. The SMILES string of the molecule is Cc1ccc(S(=O)(=O)N(C)C)cc1NC(=O)CN(Cc1ccc(Cl)cc1)S(=O)(=O)c1ccc(Cl)cc1. The molecule has 0 radical (unpaired) electrons. The van der Waals surface area contributed by atoms with Crippen molar-refractivity contribution < 1.29 is 21.6 Å². The average Bonchev–Trinajstić information content (AvgIpc) is 2.81. The summed E-state index contributed by atoms with van der Waals surface area (Å²) in [6, 6.07) is 16.6. The van der Waals surface area contributed by atoms with Crippen LogP contribution < -0.4 is 5.32 Å². The summed E-state index contributed by atoms with van der Waals surface area (Å²) >= 11 is 11.9. The summed E-state index contributed by atoms with van der Waals surface area (Å²) < 4.78 is 54.0. The van der Waals surface area contributed by atoms with Crippen LogP contribution in [0.3, 0.4) is 0 Å². The molecule has 0 bridgehead atoms. The molecule has 3 aromatic rings. The van der Waals surface area contributed by atoms with Gasteiger partial charge in [-0.05, 0) is 66.6 Å². The molecule has 0 heterocycles. The smallest absolute Gasteiger partial charge is 0.243 e. The van der Waals surface area contributed by atoms with Crippen LogP contribution in [0.25, 0.3) is 0 Å². The minimum atomic E-state index is -4.09. The Hall–Kier alpha value is -2.47. The van der Waals surface area contributed by atoms with Crippen molar-refractivity contribution in [3.8, 4) is 0 Å². The molecule has 1 amide bonds. The maximum atomic E-state index is 13.4. The Bertz CT molecular complexity index is 1460. The molecule has 0 aliphatic heterocycles. The molecule has 192 valence electrons. The van der Waals surface area contributed by atoms with E-state index in [9.17, 15) is 21.6 Å². The van der Waals surface area contributed by atoms with E-state index in [0.717, 1.165) is 8.61 Å². The van der Waals surface area contributed by atoms with Gasteiger partial charge in [0.2, 0.25) is 26.0 Å². The van der Waals surface area contributed by atoms with Gasteiger partial charge in [0.25, 0.3) is 0 Å². The van der Waals surface area contributed by atoms with Crippen molar-refractivity contribution >= 4 is 54.8 Å². The Morgan fingerprint density at radius 2 is 1.33 bits per heavy atom. The molecule has 0 atom stereocenters. The number of amides is 1. The summed E-state index contributed by atoms with van der Waals surface area (Å²) in [6.07, 6.45) is 0. The van der Waals surface area contributed by atoms with Crippen molar-refractivity contribution in [1.82, 2.24) is 8.61 Å². The molecule has 0 aliphatic rings. The van der Waals surface area contributed by atoms with E-state index in [1.165, 1.54) is 50.5 Å². The monoisotopic (exact) mass is 569 g/mol. The highest BCUT2D eigenvalue weighted by molar-refractivity contribution is 7.89. The topological polar surface area (TPSA) is 104 Å². The molecule has 36 heavy (non-hydrogen) atoms. The van der Waals surface area contributed by atoms with Crippen molar-refractivity contribution in [3.63, 3.8) is 0 Å². The van der Waals surface area contributed by atoms with Crippen LogP contribution in [-0.2, 0) is 31.4 Å². The van der Waals surface area contributed by atoms with E-state index in [1.807, 2.05) is 0 Å². The van der Waals surface area contributed by atoms with E-state index < -0.39 is 32.5 Å². The molecule has 12 heteroatoms. The number of halogens is 2. The number of carbonyl (C=O) groups excluding carboxylic acids is 1. The zero-order valence-corrected chi connectivity index (χ0v) is 22.9. The Morgan fingerprint density at radius 1 is 0.806 bits per heavy atom. The summed E-state index contributed by atoms with van der Waals surface area (Å²) in [5, 5.41) is 3.52. The van der Waals surface area contributed by atoms with Crippen LogP contribution >= 0.6 is 23.2 Å². The Balaban J connectivity index is 1.92. The van der Waals surface area contributed by atoms with Gasteiger partial charge < -0.3 is 5.32 Å². The second-order valence-corrected chi connectivity index (χ2v) is 13.1. The summed E-state index contributed by atoms with van der Waals surface area (Å²) in [6.45, 7) is 1.10. The zero-order valence-electron chi connectivity index (χ0n) is 19.8. The average molecular weight is 571 g/mol. The highest BCUT2D eigenvalue weighted by atomic mass is 35.5. The van der Waals surface area contributed by atoms with Gasteiger partial charge in [-0.25, -0.2) is 21.1 Å². The number of aryl methyl sites for hydroxylation is 1. The molecule has 3 aromatic carbocycles. The number of benzene rings is 3. The highest BCUT2D eigenvalue weighted by Crippen LogP contribution is 2.24. The Labute approximate surface area is 221 Å². The molecule has 0 spiro atoms. The van der Waals surface area contributed by atoms with Gasteiger partial charge in [0.1, 0.15) is 0 Å². The molecular formula is C24H25Cl2N3O5S2. The second kappa shape index (κ2) is 11.3. The Kier molecular flexibility index (Phi) is 8.81. The molecule has 3 rings (SSSR count). The first-order chi connectivity index (χ1) is 16.8.